The second-order valence-electron chi connectivity index (χ2n) is 4.93. The maximum Gasteiger partial charge on any atom is 0.251 e. The summed E-state index contributed by atoms with van der Waals surface area (Å²) in [5, 5.41) is 13.1. The van der Waals surface area contributed by atoms with Gasteiger partial charge in [-0.15, -0.1) is 0 Å². The number of hydrogen-bond acceptors (Lipinski definition) is 2. The van der Waals surface area contributed by atoms with Gasteiger partial charge >= 0.3 is 0 Å². The van der Waals surface area contributed by atoms with E-state index < -0.39 is 6.10 Å². The Morgan fingerprint density at radius 2 is 1.65 bits per heavy atom. The third kappa shape index (κ3) is 3.25. The fourth-order valence-corrected chi connectivity index (χ4v) is 2.13. The van der Waals surface area contributed by atoms with Gasteiger partial charge in [-0.3, -0.25) is 4.79 Å². The molecule has 1 amide bonds. The Kier molecular flexibility index (Phi) is 4.53. The fourth-order valence-electron chi connectivity index (χ4n) is 2.13. The molecule has 0 spiro atoms. The lowest BCUT2D eigenvalue weighted by molar-refractivity contribution is 0.0851. The first-order chi connectivity index (χ1) is 9.59. The molecule has 104 valence electrons. The van der Waals surface area contributed by atoms with Crippen molar-refractivity contribution in [3.05, 3.63) is 71.3 Å². The van der Waals surface area contributed by atoms with E-state index in [0.29, 0.717) is 5.56 Å². The molecule has 0 radical (unpaired) electrons. The van der Waals surface area contributed by atoms with Crippen molar-refractivity contribution in [2.45, 2.75) is 26.0 Å². The maximum absolute atomic E-state index is 12.2. The summed E-state index contributed by atoms with van der Waals surface area (Å²) in [4.78, 5) is 12.2. The van der Waals surface area contributed by atoms with Gasteiger partial charge in [0.25, 0.3) is 5.91 Å². The van der Waals surface area contributed by atoms with Gasteiger partial charge in [-0.25, -0.2) is 0 Å². The number of benzene rings is 2. The normalized spacial score (nSPS) is 13.6. The first-order valence-corrected chi connectivity index (χ1v) is 6.69. The van der Waals surface area contributed by atoms with E-state index in [1.165, 1.54) is 0 Å². The number of hydrogen-bond donors (Lipinski definition) is 2. The van der Waals surface area contributed by atoms with E-state index in [1.807, 2.05) is 55.5 Å². The van der Waals surface area contributed by atoms with Crippen molar-refractivity contribution in [1.29, 1.82) is 0 Å². The molecule has 2 unspecified atom stereocenters. The zero-order chi connectivity index (χ0) is 14.5. The molecule has 0 heterocycles. The summed E-state index contributed by atoms with van der Waals surface area (Å²) < 4.78 is 0. The Labute approximate surface area is 119 Å². The summed E-state index contributed by atoms with van der Waals surface area (Å²) in [6.45, 7) is 3.70. The Hall–Kier alpha value is -2.13. The van der Waals surface area contributed by atoms with Crippen LogP contribution in [0.4, 0.5) is 0 Å². The molecule has 0 bridgehead atoms. The molecular formula is C17H19NO2. The van der Waals surface area contributed by atoms with E-state index in [9.17, 15) is 9.90 Å². The predicted octanol–water partition coefficient (Wildman–Crippen LogP) is 2.85. The third-order valence-electron chi connectivity index (χ3n) is 3.36. The highest BCUT2D eigenvalue weighted by atomic mass is 16.3. The highest BCUT2D eigenvalue weighted by Crippen LogP contribution is 2.17. The quantitative estimate of drug-likeness (QED) is 0.896. The number of amides is 1. The lowest BCUT2D eigenvalue weighted by Crippen LogP contribution is -2.37. The van der Waals surface area contributed by atoms with Crippen molar-refractivity contribution in [3.63, 3.8) is 0 Å². The van der Waals surface area contributed by atoms with Crippen molar-refractivity contribution >= 4 is 5.91 Å². The molecule has 2 aromatic rings. The van der Waals surface area contributed by atoms with E-state index in [0.717, 1.165) is 11.1 Å². The lowest BCUT2D eigenvalue weighted by Gasteiger charge is -2.21. The van der Waals surface area contributed by atoms with Crippen LogP contribution in [0, 0.1) is 6.92 Å². The van der Waals surface area contributed by atoms with E-state index in [-0.39, 0.29) is 11.9 Å². The van der Waals surface area contributed by atoms with Crippen molar-refractivity contribution in [2.24, 2.45) is 0 Å². The maximum atomic E-state index is 12.2. The summed E-state index contributed by atoms with van der Waals surface area (Å²) in [7, 11) is 0. The van der Waals surface area contributed by atoms with Crippen LogP contribution in [0.1, 0.15) is 34.5 Å². The van der Waals surface area contributed by atoms with Crippen LogP contribution in [-0.4, -0.2) is 17.1 Å². The molecule has 2 N–H and O–H groups in total. The Morgan fingerprint density at radius 3 is 2.30 bits per heavy atom. The smallest absolute Gasteiger partial charge is 0.251 e. The monoisotopic (exact) mass is 269 g/mol. The number of aliphatic hydroxyl groups excluding tert-OH is 1. The Bertz CT molecular complexity index is 581. The minimum atomic E-state index is -0.718. The van der Waals surface area contributed by atoms with Gasteiger partial charge in [-0.1, -0.05) is 48.5 Å². The minimum Gasteiger partial charge on any atom is -0.386 e. The second-order valence-corrected chi connectivity index (χ2v) is 4.93. The molecule has 0 aromatic heterocycles. The van der Waals surface area contributed by atoms with Gasteiger partial charge in [0.2, 0.25) is 0 Å². The predicted molar refractivity (Wildman–Crippen MR) is 79.5 cm³/mol. The summed E-state index contributed by atoms with van der Waals surface area (Å²) in [5.41, 5.74) is 2.36. The van der Waals surface area contributed by atoms with E-state index in [4.69, 9.17) is 0 Å². The van der Waals surface area contributed by atoms with Gasteiger partial charge in [0.05, 0.1) is 12.1 Å². The van der Waals surface area contributed by atoms with Crippen LogP contribution in [0.15, 0.2) is 54.6 Å². The topological polar surface area (TPSA) is 49.3 Å². The first-order valence-electron chi connectivity index (χ1n) is 6.69. The van der Waals surface area contributed by atoms with Crippen LogP contribution < -0.4 is 5.32 Å². The first kappa shape index (κ1) is 14.3. The second kappa shape index (κ2) is 6.35. The molecule has 0 aliphatic carbocycles. The van der Waals surface area contributed by atoms with Crippen LogP contribution in [0.5, 0.6) is 0 Å². The zero-order valence-corrected chi connectivity index (χ0v) is 11.7. The highest BCUT2D eigenvalue weighted by molar-refractivity contribution is 5.95. The number of aryl methyl sites for hydroxylation is 1. The van der Waals surface area contributed by atoms with E-state index in [1.54, 1.807) is 13.0 Å². The van der Waals surface area contributed by atoms with E-state index in [2.05, 4.69) is 5.32 Å². The van der Waals surface area contributed by atoms with Crippen molar-refractivity contribution in [1.82, 2.24) is 5.32 Å². The molecule has 2 rings (SSSR count). The fraction of sp³-hybridized carbons (Fsp3) is 0.235. The molecule has 0 saturated heterocycles. The average Bonchev–Trinajstić information content (AvgIpc) is 2.47. The van der Waals surface area contributed by atoms with Crippen LogP contribution in [-0.2, 0) is 0 Å². The van der Waals surface area contributed by atoms with Gasteiger partial charge in [0.1, 0.15) is 0 Å². The molecule has 0 aliphatic rings. The minimum absolute atomic E-state index is 0.161. The molecule has 0 saturated carbocycles. The molecule has 3 nitrogen and oxygen atoms in total. The van der Waals surface area contributed by atoms with Gasteiger partial charge in [-0.05, 0) is 31.0 Å². The van der Waals surface area contributed by atoms with E-state index >= 15 is 0 Å². The van der Waals surface area contributed by atoms with Gasteiger partial charge in [0, 0.05) is 5.56 Å². The molecule has 20 heavy (non-hydrogen) atoms. The molecule has 0 aliphatic heterocycles. The standard InChI is InChI=1S/C17H19NO2/c1-12-8-6-7-11-15(12)17(20)18-13(2)16(19)14-9-4-3-5-10-14/h3-11,13,16,19H,1-2H3,(H,18,20). The largest absolute Gasteiger partial charge is 0.386 e. The van der Waals surface area contributed by atoms with Gasteiger partial charge in [-0.2, -0.15) is 0 Å². The van der Waals surface area contributed by atoms with Crippen LogP contribution >= 0.6 is 0 Å². The van der Waals surface area contributed by atoms with Gasteiger partial charge in [0.15, 0.2) is 0 Å². The Balaban J connectivity index is 2.07. The average molecular weight is 269 g/mol. The van der Waals surface area contributed by atoms with Crippen LogP contribution in [0.3, 0.4) is 0 Å². The summed E-state index contributed by atoms with van der Waals surface area (Å²) in [6, 6.07) is 16.4. The van der Waals surface area contributed by atoms with Crippen molar-refractivity contribution in [3.8, 4) is 0 Å². The highest BCUT2D eigenvalue weighted by Gasteiger charge is 2.19. The number of rotatable bonds is 4. The van der Waals surface area contributed by atoms with Gasteiger partial charge < -0.3 is 10.4 Å². The number of carbonyl (C=O) groups excluding carboxylic acids is 1. The van der Waals surface area contributed by atoms with Crippen LogP contribution in [0.2, 0.25) is 0 Å². The molecule has 2 aromatic carbocycles. The number of carbonyl (C=O) groups is 1. The molecular weight excluding hydrogens is 250 g/mol. The summed E-state index contributed by atoms with van der Waals surface area (Å²) in [5.74, 6) is -0.161. The third-order valence-corrected chi connectivity index (χ3v) is 3.36. The molecule has 3 heteroatoms. The number of nitrogens with one attached hydrogen (secondary N) is 1. The lowest BCUT2D eigenvalue weighted by atomic mass is 10.0. The Morgan fingerprint density at radius 1 is 1.05 bits per heavy atom. The zero-order valence-electron chi connectivity index (χ0n) is 11.7. The SMILES string of the molecule is Cc1ccccc1C(=O)NC(C)C(O)c1ccccc1. The molecule has 0 fully saturated rings. The van der Waals surface area contributed by atoms with Crippen LogP contribution in [0.25, 0.3) is 0 Å². The van der Waals surface area contributed by atoms with Crippen molar-refractivity contribution < 1.29 is 9.90 Å². The number of aliphatic hydroxyl groups is 1. The summed E-state index contributed by atoms with van der Waals surface area (Å²) in [6.07, 6.45) is -0.718. The van der Waals surface area contributed by atoms with Crippen molar-refractivity contribution in [2.75, 3.05) is 0 Å². The summed E-state index contributed by atoms with van der Waals surface area (Å²) >= 11 is 0. The molecule has 2 atom stereocenters.